The molecule has 4 heteroatoms. The zero-order chi connectivity index (χ0) is 8.81. The van der Waals surface area contributed by atoms with Crippen molar-refractivity contribution < 1.29 is 5.11 Å². The van der Waals surface area contributed by atoms with Gasteiger partial charge in [-0.3, -0.25) is 0 Å². The van der Waals surface area contributed by atoms with Gasteiger partial charge in [-0.2, -0.15) is 0 Å². The van der Waals surface area contributed by atoms with Gasteiger partial charge in [0, 0.05) is 23.7 Å². The van der Waals surface area contributed by atoms with Gasteiger partial charge in [0.1, 0.15) is 0 Å². The summed E-state index contributed by atoms with van der Waals surface area (Å²) in [6.07, 6.45) is 0.797. The molecule has 1 aromatic heterocycles. The number of nitrogens with one attached hydrogen (secondary N) is 1. The molecule has 0 aliphatic carbocycles. The molecule has 3 nitrogen and oxygen atoms in total. The van der Waals surface area contributed by atoms with Crippen LogP contribution in [0.5, 0.6) is 0 Å². The first-order valence-corrected chi connectivity index (χ1v) is 4.86. The fraction of sp³-hybridized carbons (Fsp3) is 0.500. The first kappa shape index (κ1) is 9.51. The van der Waals surface area contributed by atoms with Crippen LogP contribution in [0.4, 0.5) is 5.69 Å². The Balaban J connectivity index is 2.20. The second-order valence-corrected chi connectivity index (χ2v) is 3.55. The SMILES string of the molecule is Nc1ccsc1CNCCCO. The van der Waals surface area contributed by atoms with Gasteiger partial charge in [-0.1, -0.05) is 0 Å². The Morgan fingerprint density at radius 3 is 3.00 bits per heavy atom. The fourth-order valence-corrected chi connectivity index (χ4v) is 1.67. The van der Waals surface area contributed by atoms with Gasteiger partial charge in [0.25, 0.3) is 0 Å². The predicted octanol–water partition coefficient (Wildman–Crippen LogP) is 0.802. The predicted molar refractivity (Wildman–Crippen MR) is 52.1 cm³/mol. The molecule has 0 amide bonds. The lowest BCUT2D eigenvalue weighted by Gasteiger charge is -2.01. The molecule has 12 heavy (non-hydrogen) atoms. The molecule has 0 fully saturated rings. The van der Waals surface area contributed by atoms with Crippen molar-refractivity contribution in [1.29, 1.82) is 0 Å². The molecule has 1 heterocycles. The van der Waals surface area contributed by atoms with E-state index in [0.717, 1.165) is 25.2 Å². The van der Waals surface area contributed by atoms with E-state index >= 15 is 0 Å². The number of aliphatic hydroxyl groups excluding tert-OH is 1. The zero-order valence-electron chi connectivity index (χ0n) is 6.92. The average molecular weight is 186 g/mol. The highest BCUT2D eigenvalue weighted by Crippen LogP contribution is 2.17. The standard InChI is InChI=1S/C8H14N2OS/c9-7-2-5-12-8(7)6-10-3-1-4-11/h2,5,10-11H,1,3-4,6,9H2. The molecule has 0 aromatic carbocycles. The second kappa shape index (κ2) is 5.13. The van der Waals surface area contributed by atoms with Gasteiger partial charge in [-0.05, 0) is 24.4 Å². The number of thiophene rings is 1. The quantitative estimate of drug-likeness (QED) is 0.596. The Kier molecular flexibility index (Phi) is 4.07. The van der Waals surface area contributed by atoms with E-state index in [4.69, 9.17) is 10.8 Å². The summed E-state index contributed by atoms with van der Waals surface area (Å²) in [4.78, 5) is 1.17. The topological polar surface area (TPSA) is 58.3 Å². The number of aliphatic hydroxyl groups is 1. The van der Waals surface area contributed by atoms with E-state index in [1.165, 1.54) is 4.88 Å². The van der Waals surface area contributed by atoms with Crippen molar-refractivity contribution in [2.45, 2.75) is 13.0 Å². The Labute approximate surface area is 76.2 Å². The molecule has 0 bridgehead atoms. The van der Waals surface area contributed by atoms with E-state index in [9.17, 15) is 0 Å². The molecule has 0 saturated carbocycles. The number of rotatable bonds is 5. The van der Waals surface area contributed by atoms with E-state index in [1.54, 1.807) is 11.3 Å². The molecule has 0 radical (unpaired) electrons. The lowest BCUT2D eigenvalue weighted by molar-refractivity contribution is 0.286. The molecule has 0 saturated heterocycles. The minimum atomic E-state index is 0.243. The van der Waals surface area contributed by atoms with Gasteiger partial charge < -0.3 is 16.2 Å². The van der Waals surface area contributed by atoms with Crippen molar-refractivity contribution in [2.75, 3.05) is 18.9 Å². The van der Waals surface area contributed by atoms with E-state index in [-0.39, 0.29) is 6.61 Å². The lowest BCUT2D eigenvalue weighted by Crippen LogP contribution is -2.15. The zero-order valence-corrected chi connectivity index (χ0v) is 7.73. The summed E-state index contributed by atoms with van der Waals surface area (Å²) < 4.78 is 0. The molecule has 0 atom stereocenters. The third kappa shape index (κ3) is 2.81. The summed E-state index contributed by atoms with van der Waals surface area (Å²) in [6, 6.07) is 1.91. The van der Waals surface area contributed by atoms with Gasteiger partial charge in [0.15, 0.2) is 0 Å². The van der Waals surface area contributed by atoms with Crippen LogP contribution in [-0.4, -0.2) is 18.3 Å². The number of nitrogens with two attached hydrogens (primary N) is 1. The van der Waals surface area contributed by atoms with Crippen molar-refractivity contribution in [3.8, 4) is 0 Å². The van der Waals surface area contributed by atoms with Crippen LogP contribution in [0.3, 0.4) is 0 Å². The summed E-state index contributed by atoms with van der Waals surface area (Å²) in [5.74, 6) is 0. The highest BCUT2D eigenvalue weighted by molar-refractivity contribution is 7.10. The van der Waals surface area contributed by atoms with Gasteiger partial charge in [0.2, 0.25) is 0 Å². The van der Waals surface area contributed by atoms with Crippen LogP contribution in [0.2, 0.25) is 0 Å². The summed E-state index contributed by atoms with van der Waals surface area (Å²) in [5, 5.41) is 13.7. The number of nitrogen functional groups attached to an aromatic ring is 1. The normalized spacial score (nSPS) is 10.4. The second-order valence-electron chi connectivity index (χ2n) is 2.55. The smallest absolute Gasteiger partial charge is 0.0468 e. The maximum Gasteiger partial charge on any atom is 0.0468 e. The van der Waals surface area contributed by atoms with Crippen LogP contribution < -0.4 is 11.1 Å². The molecular weight excluding hydrogens is 172 g/mol. The summed E-state index contributed by atoms with van der Waals surface area (Å²) in [6.45, 7) is 1.89. The monoisotopic (exact) mass is 186 g/mol. The van der Waals surface area contributed by atoms with Gasteiger partial charge in [-0.15, -0.1) is 11.3 Å². The van der Waals surface area contributed by atoms with Crippen molar-refractivity contribution >= 4 is 17.0 Å². The lowest BCUT2D eigenvalue weighted by atomic mass is 10.4. The van der Waals surface area contributed by atoms with Gasteiger partial charge in [-0.25, -0.2) is 0 Å². The van der Waals surface area contributed by atoms with Crippen LogP contribution in [-0.2, 0) is 6.54 Å². The van der Waals surface area contributed by atoms with Crippen LogP contribution >= 0.6 is 11.3 Å². The summed E-state index contributed by atoms with van der Waals surface area (Å²) in [5.41, 5.74) is 6.53. The van der Waals surface area contributed by atoms with E-state index in [0.29, 0.717) is 0 Å². The van der Waals surface area contributed by atoms with Gasteiger partial charge >= 0.3 is 0 Å². The van der Waals surface area contributed by atoms with Crippen LogP contribution in [0, 0.1) is 0 Å². The first-order valence-electron chi connectivity index (χ1n) is 3.98. The van der Waals surface area contributed by atoms with E-state index < -0.39 is 0 Å². The highest BCUT2D eigenvalue weighted by Gasteiger charge is 1.98. The molecule has 0 spiro atoms. The third-order valence-corrected chi connectivity index (χ3v) is 2.51. The number of hydrogen-bond acceptors (Lipinski definition) is 4. The Bertz CT molecular complexity index is 225. The van der Waals surface area contributed by atoms with E-state index in [1.807, 2.05) is 11.4 Å². The minimum absolute atomic E-state index is 0.243. The first-order chi connectivity index (χ1) is 5.84. The third-order valence-electron chi connectivity index (χ3n) is 1.58. The van der Waals surface area contributed by atoms with Crippen molar-refractivity contribution in [3.63, 3.8) is 0 Å². The van der Waals surface area contributed by atoms with Crippen LogP contribution in [0.1, 0.15) is 11.3 Å². The van der Waals surface area contributed by atoms with Crippen molar-refractivity contribution in [3.05, 3.63) is 16.3 Å². The number of hydrogen-bond donors (Lipinski definition) is 3. The fourth-order valence-electron chi connectivity index (χ4n) is 0.900. The molecule has 4 N–H and O–H groups in total. The van der Waals surface area contributed by atoms with Crippen LogP contribution in [0.15, 0.2) is 11.4 Å². The van der Waals surface area contributed by atoms with Crippen molar-refractivity contribution in [1.82, 2.24) is 5.32 Å². The Morgan fingerprint density at radius 1 is 1.58 bits per heavy atom. The maximum atomic E-state index is 8.52. The molecule has 0 unspecified atom stereocenters. The Hall–Kier alpha value is -0.580. The molecule has 0 aliphatic rings. The van der Waals surface area contributed by atoms with E-state index in [2.05, 4.69) is 5.32 Å². The minimum Gasteiger partial charge on any atom is -0.398 e. The average Bonchev–Trinajstić information content (AvgIpc) is 2.46. The summed E-state index contributed by atoms with van der Waals surface area (Å²) >= 11 is 1.66. The van der Waals surface area contributed by atoms with Crippen LogP contribution in [0.25, 0.3) is 0 Å². The molecule has 68 valence electrons. The molecule has 1 aromatic rings. The largest absolute Gasteiger partial charge is 0.398 e. The summed E-state index contributed by atoms with van der Waals surface area (Å²) in [7, 11) is 0. The maximum absolute atomic E-state index is 8.52. The Morgan fingerprint density at radius 2 is 2.42 bits per heavy atom. The highest BCUT2D eigenvalue weighted by atomic mass is 32.1. The molecule has 0 aliphatic heterocycles. The molecule has 1 rings (SSSR count). The van der Waals surface area contributed by atoms with Crippen molar-refractivity contribution in [2.24, 2.45) is 0 Å². The number of anilines is 1. The van der Waals surface area contributed by atoms with Gasteiger partial charge in [0.05, 0.1) is 0 Å². The molecular formula is C8H14N2OS.